The van der Waals surface area contributed by atoms with Crippen LogP contribution in [-0.2, 0) is 13.0 Å². The highest BCUT2D eigenvalue weighted by molar-refractivity contribution is 5.79. The van der Waals surface area contributed by atoms with E-state index in [4.69, 9.17) is 0 Å². The predicted octanol–water partition coefficient (Wildman–Crippen LogP) is 3.12. The minimum Gasteiger partial charge on any atom is -0.356 e. The van der Waals surface area contributed by atoms with E-state index in [0.29, 0.717) is 0 Å². The van der Waals surface area contributed by atoms with Gasteiger partial charge in [0.2, 0.25) is 0 Å². The van der Waals surface area contributed by atoms with E-state index in [-0.39, 0.29) is 0 Å². The number of guanidine groups is 1. The van der Waals surface area contributed by atoms with Gasteiger partial charge in [-0.15, -0.1) is 0 Å². The Morgan fingerprint density at radius 3 is 2.64 bits per heavy atom. The van der Waals surface area contributed by atoms with Crippen LogP contribution >= 0.6 is 0 Å². The van der Waals surface area contributed by atoms with E-state index in [9.17, 15) is 0 Å². The van der Waals surface area contributed by atoms with Crippen molar-refractivity contribution in [3.05, 3.63) is 65.5 Å². The number of hydrogen-bond acceptors (Lipinski definition) is 2. The molecule has 0 spiro atoms. The van der Waals surface area contributed by atoms with Crippen LogP contribution < -0.4 is 5.32 Å². The molecule has 0 aliphatic carbocycles. The number of nitrogens with zero attached hydrogens (tertiary/aromatic N) is 3. The Hall–Kier alpha value is -2.82. The molecule has 0 unspecified atom stereocenters. The SMILES string of the molecule is CN=C(NCCc1nc2ccccc2[nH]1)N(C)Cc1ccc(C)cc1. The van der Waals surface area contributed by atoms with Crippen LogP contribution in [0.3, 0.4) is 0 Å². The van der Waals surface area contributed by atoms with Crippen molar-refractivity contribution in [1.29, 1.82) is 0 Å². The smallest absolute Gasteiger partial charge is 0.193 e. The second kappa shape index (κ2) is 7.83. The van der Waals surface area contributed by atoms with E-state index in [1.54, 1.807) is 0 Å². The van der Waals surface area contributed by atoms with Crippen molar-refractivity contribution in [3.63, 3.8) is 0 Å². The van der Waals surface area contributed by atoms with Gasteiger partial charge in [-0.1, -0.05) is 42.0 Å². The first-order chi connectivity index (χ1) is 12.2. The fraction of sp³-hybridized carbons (Fsp3) is 0.300. The Labute approximate surface area is 148 Å². The molecule has 1 aromatic heterocycles. The highest BCUT2D eigenvalue weighted by Crippen LogP contribution is 2.10. The van der Waals surface area contributed by atoms with Gasteiger partial charge in [-0.05, 0) is 24.6 Å². The monoisotopic (exact) mass is 335 g/mol. The molecule has 5 heteroatoms. The third kappa shape index (κ3) is 4.38. The van der Waals surface area contributed by atoms with Gasteiger partial charge < -0.3 is 15.2 Å². The topological polar surface area (TPSA) is 56.3 Å². The van der Waals surface area contributed by atoms with E-state index in [1.165, 1.54) is 11.1 Å². The summed E-state index contributed by atoms with van der Waals surface area (Å²) in [5.74, 6) is 1.88. The van der Waals surface area contributed by atoms with Crippen LogP contribution in [0, 0.1) is 6.92 Å². The molecular weight excluding hydrogens is 310 g/mol. The van der Waals surface area contributed by atoms with Crippen molar-refractivity contribution in [2.45, 2.75) is 19.9 Å². The Bertz CT molecular complexity index is 815. The van der Waals surface area contributed by atoms with E-state index < -0.39 is 0 Å². The summed E-state index contributed by atoms with van der Waals surface area (Å²) in [4.78, 5) is 14.5. The number of para-hydroxylation sites is 2. The second-order valence-corrected chi connectivity index (χ2v) is 6.27. The normalized spacial score (nSPS) is 11.7. The first-order valence-corrected chi connectivity index (χ1v) is 8.56. The minimum atomic E-state index is 0.782. The number of hydrogen-bond donors (Lipinski definition) is 2. The number of aromatic nitrogens is 2. The molecule has 2 N–H and O–H groups in total. The number of aryl methyl sites for hydroxylation is 1. The molecule has 3 aromatic rings. The van der Waals surface area contributed by atoms with Crippen molar-refractivity contribution in [3.8, 4) is 0 Å². The van der Waals surface area contributed by atoms with Gasteiger partial charge in [0.15, 0.2) is 5.96 Å². The maximum absolute atomic E-state index is 4.61. The summed E-state index contributed by atoms with van der Waals surface area (Å²) in [5, 5.41) is 3.41. The van der Waals surface area contributed by atoms with E-state index >= 15 is 0 Å². The van der Waals surface area contributed by atoms with Crippen LogP contribution in [0.5, 0.6) is 0 Å². The van der Waals surface area contributed by atoms with Crippen LogP contribution in [0.2, 0.25) is 0 Å². The number of imidazole rings is 1. The van der Waals surface area contributed by atoms with Crippen molar-refractivity contribution >= 4 is 17.0 Å². The molecule has 0 radical (unpaired) electrons. The lowest BCUT2D eigenvalue weighted by Crippen LogP contribution is -2.39. The van der Waals surface area contributed by atoms with Crippen molar-refractivity contribution < 1.29 is 0 Å². The van der Waals surface area contributed by atoms with Crippen LogP contribution in [0.25, 0.3) is 11.0 Å². The molecule has 0 amide bonds. The Balaban J connectivity index is 1.54. The summed E-state index contributed by atoms with van der Waals surface area (Å²) in [6, 6.07) is 16.7. The van der Waals surface area contributed by atoms with Crippen molar-refractivity contribution in [1.82, 2.24) is 20.2 Å². The zero-order valence-corrected chi connectivity index (χ0v) is 15.1. The lowest BCUT2D eigenvalue weighted by atomic mass is 10.1. The van der Waals surface area contributed by atoms with Gasteiger partial charge in [-0.25, -0.2) is 4.98 Å². The summed E-state index contributed by atoms with van der Waals surface area (Å²) in [6.45, 7) is 3.71. The molecule has 3 rings (SSSR count). The standard InChI is InChI=1S/C20H25N5/c1-15-8-10-16(11-9-15)14-25(3)20(21-2)22-13-12-19-23-17-6-4-5-7-18(17)24-19/h4-11H,12-14H2,1-3H3,(H,21,22)(H,23,24). The van der Waals surface area contributed by atoms with Gasteiger partial charge in [0, 0.05) is 33.6 Å². The third-order valence-electron chi connectivity index (χ3n) is 4.20. The van der Waals surface area contributed by atoms with Gasteiger partial charge in [0.05, 0.1) is 11.0 Å². The van der Waals surface area contributed by atoms with Gasteiger partial charge in [0.1, 0.15) is 5.82 Å². The summed E-state index contributed by atoms with van der Waals surface area (Å²) in [6.07, 6.45) is 0.825. The molecule has 0 bridgehead atoms. The van der Waals surface area contributed by atoms with Crippen LogP contribution in [-0.4, -0.2) is 41.5 Å². The number of nitrogens with one attached hydrogen (secondary N) is 2. The first kappa shape index (κ1) is 17.0. The first-order valence-electron chi connectivity index (χ1n) is 8.56. The fourth-order valence-corrected chi connectivity index (χ4v) is 2.84. The average Bonchev–Trinajstić information content (AvgIpc) is 3.03. The largest absolute Gasteiger partial charge is 0.356 e. The quantitative estimate of drug-likeness (QED) is 0.556. The summed E-state index contributed by atoms with van der Waals surface area (Å²) in [5.41, 5.74) is 4.64. The number of benzene rings is 2. The van der Waals surface area contributed by atoms with Crippen LogP contribution in [0.1, 0.15) is 17.0 Å². The molecule has 0 saturated heterocycles. The molecule has 0 aliphatic heterocycles. The van der Waals surface area contributed by atoms with E-state index in [0.717, 1.165) is 42.3 Å². The molecule has 0 saturated carbocycles. The van der Waals surface area contributed by atoms with E-state index in [1.807, 2.05) is 31.3 Å². The summed E-state index contributed by atoms with van der Waals surface area (Å²) < 4.78 is 0. The molecule has 130 valence electrons. The zero-order valence-electron chi connectivity index (χ0n) is 15.1. The molecule has 2 aromatic carbocycles. The number of fused-ring (bicyclic) bond motifs is 1. The predicted molar refractivity (Wildman–Crippen MR) is 104 cm³/mol. The molecule has 5 nitrogen and oxygen atoms in total. The Kier molecular flexibility index (Phi) is 5.33. The van der Waals surface area contributed by atoms with E-state index in [2.05, 4.69) is 63.4 Å². The highest BCUT2D eigenvalue weighted by Gasteiger charge is 2.07. The molecule has 1 heterocycles. The van der Waals surface area contributed by atoms with Gasteiger partial charge in [0.25, 0.3) is 0 Å². The minimum absolute atomic E-state index is 0.782. The van der Waals surface area contributed by atoms with Crippen LogP contribution in [0.4, 0.5) is 0 Å². The number of H-pyrrole nitrogens is 1. The summed E-state index contributed by atoms with van der Waals surface area (Å²) in [7, 11) is 3.87. The Morgan fingerprint density at radius 2 is 1.92 bits per heavy atom. The second-order valence-electron chi connectivity index (χ2n) is 6.27. The number of aliphatic imine (C=N–C) groups is 1. The Morgan fingerprint density at radius 1 is 1.16 bits per heavy atom. The van der Waals surface area contributed by atoms with Crippen molar-refractivity contribution in [2.75, 3.05) is 20.6 Å². The molecule has 0 atom stereocenters. The lowest BCUT2D eigenvalue weighted by molar-refractivity contribution is 0.477. The maximum atomic E-state index is 4.61. The third-order valence-corrected chi connectivity index (χ3v) is 4.20. The summed E-state index contributed by atoms with van der Waals surface area (Å²) >= 11 is 0. The maximum Gasteiger partial charge on any atom is 0.193 e. The molecule has 0 aliphatic rings. The number of aromatic amines is 1. The molecule has 25 heavy (non-hydrogen) atoms. The average molecular weight is 335 g/mol. The van der Waals surface area contributed by atoms with Crippen LogP contribution in [0.15, 0.2) is 53.5 Å². The highest BCUT2D eigenvalue weighted by atomic mass is 15.3. The van der Waals surface area contributed by atoms with Gasteiger partial charge in [-0.3, -0.25) is 4.99 Å². The van der Waals surface area contributed by atoms with Gasteiger partial charge in [-0.2, -0.15) is 0 Å². The molecular formula is C20H25N5. The number of rotatable bonds is 5. The molecule has 0 fully saturated rings. The fourth-order valence-electron chi connectivity index (χ4n) is 2.84. The lowest BCUT2D eigenvalue weighted by Gasteiger charge is -2.22. The van der Waals surface area contributed by atoms with Gasteiger partial charge >= 0.3 is 0 Å². The van der Waals surface area contributed by atoms with Crippen molar-refractivity contribution in [2.24, 2.45) is 4.99 Å². The zero-order chi connectivity index (χ0) is 17.6.